The second-order valence-corrected chi connectivity index (χ2v) is 6.64. The lowest BCUT2D eigenvalue weighted by Gasteiger charge is -2.05. The zero-order valence-electron chi connectivity index (χ0n) is 14.1. The third kappa shape index (κ3) is 2.70. The lowest BCUT2D eigenvalue weighted by Crippen LogP contribution is -2.01. The SMILES string of the molecule is Nc1cc(Cc2cnn(Cc3ccc4c(c3)CNC4)c2)c2nn[nH]c2n1. The maximum absolute atomic E-state index is 5.88. The third-order valence-corrected chi connectivity index (χ3v) is 4.72. The van der Waals surface area contributed by atoms with Gasteiger partial charge in [-0.2, -0.15) is 5.10 Å². The van der Waals surface area contributed by atoms with Crippen molar-refractivity contribution >= 4 is 17.0 Å². The fourth-order valence-electron chi connectivity index (χ4n) is 3.50. The predicted molar refractivity (Wildman–Crippen MR) is 97.2 cm³/mol. The van der Waals surface area contributed by atoms with Gasteiger partial charge in [0.05, 0.1) is 12.7 Å². The quantitative estimate of drug-likeness (QED) is 0.515. The van der Waals surface area contributed by atoms with Crippen molar-refractivity contribution in [3.05, 3.63) is 64.5 Å². The van der Waals surface area contributed by atoms with Gasteiger partial charge in [-0.15, -0.1) is 5.10 Å². The first-order valence-electron chi connectivity index (χ1n) is 8.53. The number of pyridine rings is 1. The summed E-state index contributed by atoms with van der Waals surface area (Å²) in [5.41, 5.74) is 13.4. The minimum absolute atomic E-state index is 0.456. The highest BCUT2D eigenvalue weighted by molar-refractivity contribution is 5.76. The van der Waals surface area contributed by atoms with Gasteiger partial charge in [0.2, 0.25) is 0 Å². The van der Waals surface area contributed by atoms with Crippen LogP contribution in [-0.2, 0) is 26.1 Å². The maximum Gasteiger partial charge on any atom is 0.178 e. The molecule has 4 heterocycles. The molecule has 0 saturated carbocycles. The molecule has 4 aromatic rings. The van der Waals surface area contributed by atoms with Crippen LogP contribution in [0.4, 0.5) is 5.82 Å². The molecule has 0 aliphatic carbocycles. The smallest absolute Gasteiger partial charge is 0.178 e. The van der Waals surface area contributed by atoms with Crippen molar-refractivity contribution in [3.63, 3.8) is 0 Å². The zero-order chi connectivity index (χ0) is 17.5. The zero-order valence-corrected chi connectivity index (χ0v) is 14.1. The molecule has 0 radical (unpaired) electrons. The molecule has 130 valence electrons. The summed E-state index contributed by atoms with van der Waals surface area (Å²) in [6.07, 6.45) is 4.63. The summed E-state index contributed by atoms with van der Waals surface area (Å²) in [6, 6.07) is 8.49. The monoisotopic (exact) mass is 346 g/mol. The van der Waals surface area contributed by atoms with Crippen LogP contribution in [0.15, 0.2) is 36.7 Å². The summed E-state index contributed by atoms with van der Waals surface area (Å²) in [5.74, 6) is 0.456. The van der Waals surface area contributed by atoms with Crippen LogP contribution in [0.2, 0.25) is 0 Å². The van der Waals surface area contributed by atoms with Crippen molar-refractivity contribution in [1.29, 1.82) is 0 Å². The van der Waals surface area contributed by atoms with Gasteiger partial charge < -0.3 is 11.1 Å². The Morgan fingerprint density at radius 1 is 1.12 bits per heavy atom. The second-order valence-electron chi connectivity index (χ2n) is 6.64. The molecule has 0 bridgehead atoms. The normalized spacial score (nSPS) is 13.4. The fourth-order valence-corrected chi connectivity index (χ4v) is 3.50. The van der Waals surface area contributed by atoms with Crippen molar-refractivity contribution in [2.75, 3.05) is 5.73 Å². The minimum Gasteiger partial charge on any atom is -0.384 e. The van der Waals surface area contributed by atoms with Crippen molar-refractivity contribution in [2.45, 2.75) is 26.1 Å². The molecule has 1 aromatic carbocycles. The van der Waals surface area contributed by atoms with E-state index in [1.54, 1.807) is 0 Å². The Balaban J connectivity index is 1.37. The number of nitrogens with one attached hydrogen (secondary N) is 2. The number of nitrogen functional groups attached to an aromatic ring is 1. The third-order valence-electron chi connectivity index (χ3n) is 4.72. The Kier molecular flexibility index (Phi) is 3.42. The van der Waals surface area contributed by atoms with Crippen molar-refractivity contribution < 1.29 is 0 Å². The number of hydrogen-bond donors (Lipinski definition) is 3. The van der Waals surface area contributed by atoms with E-state index in [1.165, 1.54) is 16.7 Å². The van der Waals surface area contributed by atoms with E-state index in [0.29, 0.717) is 17.9 Å². The number of nitrogens with two attached hydrogens (primary N) is 1. The molecule has 5 rings (SSSR count). The Hall–Kier alpha value is -3.26. The molecule has 0 unspecified atom stereocenters. The number of hydrogen-bond acceptors (Lipinski definition) is 6. The number of nitrogens with zero attached hydrogens (tertiary/aromatic N) is 5. The van der Waals surface area contributed by atoms with Crippen molar-refractivity contribution in [2.24, 2.45) is 0 Å². The molecular formula is C18H18N8. The van der Waals surface area contributed by atoms with Crippen LogP contribution >= 0.6 is 0 Å². The summed E-state index contributed by atoms with van der Waals surface area (Å²) in [4.78, 5) is 4.20. The van der Waals surface area contributed by atoms with E-state index >= 15 is 0 Å². The topological polar surface area (TPSA) is 110 Å². The minimum atomic E-state index is 0.456. The standard InChI is InChI=1S/C18H18N8/c19-16-5-14(17-18(22-16)24-25-23-17)4-12-6-21-26(10-12)9-11-1-2-13-7-20-8-15(13)3-11/h1-3,5-6,10,20H,4,7-9H2,(H3,19,22,23,24,25). The number of fused-ring (bicyclic) bond motifs is 2. The van der Waals surface area contributed by atoms with Crippen LogP contribution < -0.4 is 11.1 Å². The van der Waals surface area contributed by atoms with E-state index in [2.05, 4.69) is 55.2 Å². The van der Waals surface area contributed by atoms with E-state index in [-0.39, 0.29) is 0 Å². The van der Waals surface area contributed by atoms with Crippen LogP contribution in [0.1, 0.15) is 27.8 Å². The van der Waals surface area contributed by atoms with Crippen LogP contribution in [0.3, 0.4) is 0 Å². The number of H-pyrrole nitrogens is 1. The van der Waals surface area contributed by atoms with Crippen molar-refractivity contribution in [3.8, 4) is 0 Å². The average molecular weight is 346 g/mol. The summed E-state index contributed by atoms with van der Waals surface area (Å²) >= 11 is 0. The summed E-state index contributed by atoms with van der Waals surface area (Å²) in [7, 11) is 0. The van der Waals surface area contributed by atoms with E-state index in [4.69, 9.17) is 5.73 Å². The average Bonchev–Trinajstić information content (AvgIpc) is 3.35. The lowest BCUT2D eigenvalue weighted by molar-refractivity contribution is 0.685. The molecule has 0 saturated heterocycles. The summed E-state index contributed by atoms with van der Waals surface area (Å²) in [5, 5.41) is 18.6. The predicted octanol–water partition coefficient (Wildman–Crippen LogP) is 1.37. The Morgan fingerprint density at radius 2 is 2.04 bits per heavy atom. The van der Waals surface area contributed by atoms with E-state index in [0.717, 1.165) is 36.3 Å². The summed E-state index contributed by atoms with van der Waals surface area (Å²) in [6.45, 7) is 2.67. The molecule has 0 atom stereocenters. The van der Waals surface area contributed by atoms with Crippen LogP contribution in [0, 0.1) is 0 Å². The van der Waals surface area contributed by atoms with E-state index in [9.17, 15) is 0 Å². The second kappa shape index (κ2) is 5.92. The first-order chi connectivity index (χ1) is 12.7. The number of anilines is 1. The largest absolute Gasteiger partial charge is 0.384 e. The molecule has 0 spiro atoms. The number of benzene rings is 1. The Morgan fingerprint density at radius 3 is 3.00 bits per heavy atom. The van der Waals surface area contributed by atoms with Gasteiger partial charge in [0.15, 0.2) is 5.65 Å². The Bertz CT molecular complexity index is 1090. The van der Waals surface area contributed by atoms with Gasteiger partial charge in [-0.25, -0.2) is 10.1 Å². The molecule has 0 fully saturated rings. The first-order valence-corrected chi connectivity index (χ1v) is 8.53. The fraction of sp³-hybridized carbons (Fsp3) is 0.222. The highest BCUT2D eigenvalue weighted by atomic mass is 15.3. The lowest BCUT2D eigenvalue weighted by atomic mass is 10.1. The van der Waals surface area contributed by atoms with Gasteiger partial charge in [-0.1, -0.05) is 23.4 Å². The molecule has 0 amide bonds. The molecule has 3 aromatic heterocycles. The van der Waals surface area contributed by atoms with Crippen LogP contribution in [0.5, 0.6) is 0 Å². The van der Waals surface area contributed by atoms with Crippen LogP contribution in [-0.4, -0.2) is 30.2 Å². The van der Waals surface area contributed by atoms with Gasteiger partial charge in [-0.3, -0.25) is 4.68 Å². The van der Waals surface area contributed by atoms with Gasteiger partial charge in [0, 0.05) is 25.7 Å². The number of rotatable bonds is 4. The van der Waals surface area contributed by atoms with E-state index in [1.807, 2.05) is 16.9 Å². The molecule has 26 heavy (non-hydrogen) atoms. The van der Waals surface area contributed by atoms with Gasteiger partial charge in [0.1, 0.15) is 11.3 Å². The number of aromatic nitrogens is 6. The molecule has 1 aliphatic rings. The van der Waals surface area contributed by atoms with Crippen molar-refractivity contribution in [1.82, 2.24) is 35.5 Å². The summed E-state index contributed by atoms with van der Waals surface area (Å²) < 4.78 is 1.96. The van der Waals surface area contributed by atoms with Crippen LogP contribution in [0.25, 0.3) is 11.2 Å². The number of aromatic amines is 1. The molecule has 4 N–H and O–H groups in total. The highest BCUT2D eigenvalue weighted by Crippen LogP contribution is 2.20. The molecular weight excluding hydrogens is 328 g/mol. The van der Waals surface area contributed by atoms with Gasteiger partial charge in [-0.05, 0) is 33.9 Å². The highest BCUT2D eigenvalue weighted by Gasteiger charge is 2.12. The first kappa shape index (κ1) is 15.0. The molecule has 1 aliphatic heterocycles. The van der Waals surface area contributed by atoms with Gasteiger partial charge >= 0.3 is 0 Å². The Labute approximate surface area is 149 Å². The maximum atomic E-state index is 5.88. The molecule has 8 nitrogen and oxygen atoms in total. The van der Waals surface area contributed by atoms with Gasteiger partial charge in [0.25, 0.3) is 0 Å². The molecule has 8 heteroatoms. The van der Waals surface area contributed by atoms with E-state index < -0.39 is 0 Å².